The Morgan fingerprint density at radius 2 is 2.12 bits per heavy atom. The lowest BCUT2D eigenvalue weighted by molar-refractivity contribution is -0.131. The maximum Gasteiger partial charge on any atom is 0.222 e. The fourth-order valence-corrected chi connectivity index (χ4v) is 2.16. The monoisotopic (exact) mass is 238 g/mol. The van der Waals surface area contributed by atoms with E-state index in [1.807, 2.05) is 4.90 Å². The van der Waals surface area contributed by atoms with Gasteiger partial charge in [-0.1, -0.05) is 32.4 Å². The lowest BCUT2D eigenvalue weighted by Crippen LogP contribution is -2.36. The maximum absolute atomic E-state index is 11.9. The largest absolute Gasteiger partial charge is 0.339 e. The molecule has 17 heavy (non-hydrogen) atoms. The first-order chi connectivity index (χ1) is 7.95. The molecule has 0 aliphatic carbocycles. The third-order valence-corrected chi connectivity index (χ3v) is 3.37. The number of unbranched alkanes of at least 4 members (excludes halogenated alkanes) is 1. The highest BCUT2D eigenvalue weighted by Gasteiger charge is 2.23. The summed E-state index contributed by atoms with van der Waals surface area (Å²) in [5.74, 6) is 0.280. The van der Waals surface area contributed by atoms with Crippen LogP contribution >= 0.6 is 0 Å². The minimum Gasteiger partial charge on any atom is -0.339 e. The van der Waals surface area contributed by atoms with Crippen molar-refractivity contribution in [3.8, 4) is 0 Å². The molecule has 0 saturated heterocycles. The van der Waals surface area contributed by atoms with Gasteiger partial charge >= 0.3 is 0 Å². The van der Waals surface area contributed by atoms with Crippen molar-refractivity contribution in [2.24, 2.45) is 11.1 Å². The predicted molar refractivity (Wildman–Crippen MR) is 71.6 cm³/mol. The molecule has 0 saturated carbocycles. The smallest absolute Gasteiger partial charge is 0.222 e. The van der Waals surface area contributed by atoms with Crippen molar-refractivity contribution >= 4 is 5.91 Å². The Kier molecular flexibility index (Phi) is 5.19. The maximum atomic E-state index is 11.9. The van der Waals surface area contributed by atoms with Crippen LogP contribution in [0.5, 0.6) is 0 Å². The Morgan fingerprint density at radius 3 is 2.59 bits per heavy atom. The van der Waals surface area contributed by atoms with E-state index in [4.69, 9.17) is 5.73 Å². The van der Waals surface area contributed by atoms with Crippen LogP contribution in [0.2, 0.25) is 0 Å². The second kappa shape index (κ2) is 6.20. The van der Waals surface area contributed by atoms with Gasteiger partial charge in [0.25, 0.3) is 0 Å². The highest BCUT2D eigenvalue weighted by molar-refractivity contribution is 5.76. The summed E-state index contributed by atoms with van der Waals surface area (Å²) in [5.41, 5.74) is 7.15. The number of carbonyl (C=O) groups excluding carboxylic acids is 1. The predicted octanol–water partition coefficient (Wildman–Crippen LogP) is 2.32. The van der Waals surface area contributed by atoms with E-state index in [0.717, 1.165) is 32.4 Å². The Hall–Kier alpha value is -0.830. The standard InChI is InChI=1S/C14H26N2O/c1-14(2,3)12-7-10-16(11-8-12)13(17)6-4-5-9-15/h7H,4-6,8-11,15H2,1-3H3. The lowest BCUT2D eigenvalue weighted by atomic mass is 9.83. The molecule has 98 valence electrons. The minimum atomic E-state index is 0.245. The van der Waals surface area contributed by atoms with Crippen LogP contribution in [0.3, 0.4) is 0 Å². The highest BCUT2D eigenvalue weighted by Crippen LogP contribution is 2.30. The molecule has 0 bridgehead atoms. The molecule has 0 aromatic carbocycles. The molecule has 3 heteroatoms. The topological polar surface area (TPSA) is 46.3 Å². The van der Waals surface area contributed by atoms with E-state index in [1.165, 1.54) is 5.57 Å². The summed E-state index contributed by atoms with van der Waals surface area (Å²) in [6.45, 7) is 9.05. The number of nitrogens with zero attached hydrogens (tertiary/aromatic N) is 1. The summed E-state index contributed by atoms with van der Waals surface area (Å²) in [6.07, 6.45) is 5.76. The van der Waals surface area contributed by atoms with Gasteiger partial charge in [0, 0.05) is 19.5 Å². The van der Waals surface area contributed by atoms with Crippen molar-refractivity contribution in [2.75, 3.05) is 19.6 Å². The molecule has 0 spiro atoms. The number of carbonyl (C=O) groups is 1. The first kappa shape index (κ1) is 14.2. The third kappa shape index (κ3) is 4.50. The van der Waals surface area contributed by atoms with Crippen LogP contribution in [-0.2, 0) is 4.79 Å². The van der Waals surface area contributed by atoms with Crippen LogP contribution in [-0.4, -0.2) is 30.4 Å². The summed E-state index contributed by atoms with van der Waals surface area (Å²) >= 11 is 0. The van der Waals surface area contributed by atoms with Gasteiger partial charge in [-0.2, -0.15) is 0 Å². The second-order valence-electron chi connectivity index (χ2n) is 5.81. The molecule has 0 aromatic heterocycles. The molecular formula is C14H26N2O. The van der Waals surface area contributed by atoms with E-state index < -0.39 is 0 Å². The summed E-state index contributed by atoms with van der Waals surface area (Å²) < 4.78 is 0. The van der Waals surface area contributed by atoms with Crippen molar-refractivity contribution < 1.29 is 4.79 Å². The van der Waals surface area contributed by atoms with Crippen molar-refractivity contribution in [3.05, 3.63) is 11.6 Å². The fourth-order valence-electron chi connectivity index (χ4n) is 2.16. The Morgan fingerprint density at radius 1 is 1.41 bits per heavy atom. The highest BCUT2D eigenvalue weighted by atomic mass is 16.2. The first-order valence-corrected chi connectivity index (χ1v) is 6.62. The molecule has 1 aliphatic heterocycles. The second-order valence-corrected chi connectivity index (χ2v) is 5.81. The van der Waals surface area contributed by atoms with E-state index >= 15 is 0 Å². The van der Waals surface area contributed by atoms with E-state index in [2.05, 4.69) is 26.8 Å². The normalized spacial score (nSPS) is 16.9. The number of hydrogen-bond acceptors (Lipinski definition) is 2. The van der Waals surface area contributed by atoms with E-state index in [-0.39, 0.29) is 11.3 Å². The third-order valence-electron chi connectivity index (χ3n) is 3.37. The first-order valence-electron chi connectivity index (χ1n) is 6.62. The van der Waals surface area contributed by atoms with Gasteiger partial charge in [0.1, 0.15) is 0 Å². The Balaban J connectivity index is 2.41. The summed E-state index contributed by atoms with van der Waals surface area (Å²) in [7, 11) is 0. The summed E-state index contributed by atoms with van der Waals surface area (Å²) in [4.78, 5) is 13.8. The molecule has 0 fully saturated rings. The van der Waals surface area contributed by atoms with Gasteiger partial charge in [-0.3, -0.25) is 4.79 Å². The van der Waals surface area contributed by atoms with Crippen LogP contribution < -0.4 is 5.73 Å². The summed E-state index contributed by atoms with van der Waals surface area (Å²) in [5, 5.41) is 0. The van der Waals surface area contributed by atoms with Crippen LogP contribution in [0.4, 0.5) is 0 Å². The van der Waals surface area contributed by atoms with E-state index in [1.54, 1.807) is 0 Å². The average molecular weight is 238 g/mol. The zero-order valence-corrected chi connectivity index (χ0v) is 11.5. The van der Waals surface area contributed by atoms with Gasteiger partial charge in [-0.15, -0.1) is 0 Å². The van der Waals surface area contributed by atoms with Crippen molar-refractivity contribution in [1.82, 2.24) is 4.90 Å². The van der Waals surface area contributed by atoms with Gasteiger partial charge in [0.2, 0.25) is 5.91 Å². The van der Waals surface area contributed by atoms with Gasteiger partial charge in [0.15, 0.2) is 0 Å². The molecular weight excluding hydrogens is 212 g/mol. The average Bonchev–Trinajstić information content (AvgIpc) is 2.28. The number of rotatable bonds is 4. The number of amides is 1. The molecule has 0 unspecified atom stereocenters. The number of hydrogen-bond donors (Lipinski definition) is 1. The molecule has 3 nitrogen and oxygen atoms in total. The zero-order valence-electron chi connectivity index (χ0n) is 11.5. The van der Waals surface area contributed by atoms with Crippen molar-refractivity contribution in [3.63, 3.8) is 0 Å². The van der Waals surface area contributed by atoms with E-state index in [9.17, 15) is 4.79 Å². The van der Waals surface area contributed by atoms with Crippen molar-refractivity contribution in [1.29, 1.82) is 0 Å². The van der Waals surface area contributed by atoms with Crippen LogP contribution in [0.15, 0.2) is 11.6 Å². The summed E-state index contributed by atoms with van der Waals surface area (Å²) in [6, 6.07) is 0. The van der Waals surface area contributed by atoms with Crippen LogP contribution in [0, 0.1) is 5.41 Å². The quantitative estimate of drug-likeness (QED) is 0.603. The molecule has 0 atom stereocenters. The Bertz CT molecular complexity index is 289. The molecule has 1 aliphatic rings. The molecule has 1 rings (SSSR count). The number of nitrogens with two attached hydrogens (primary N) is 1. The van der Waals surface area contributed by atoms with Crippen molar-refractivity contribution in [2.45, 2.75) is 46.5 Å². The Labute approximate surface area is 105 Å². The fraction of sp³-hybridized carbons (Fsp3) is 0.786. The van der Waals surface area contributed by atoms with Gasteiger partial charge in [-0.05, 0) is 31.2 Å². The minimum absolute atomic E-state index is 0.245. The van der Waals surface area contributed by atoms with E-state index in [0.29, 0.717) is 13.0 Å². The molecule has 1 heterocycles. The SMILES string of the molecule is CC(C)(C)C1=CCN(C(=O)CCCCN)CC1. The molecule has 0 radical (unpaired) electrons. The van der Waals surface area contributed by atoms with Gasteiger partial charge in [-0.25, -0.2) is 0 Å². The molecule has 2 N–H and O–H groups in total. The van der Waals surface area contributed by atoms with Crippen LogP contribution in [0.1, 0.15) is 46.5 Å². The van der Waals surface area contributed by atoms with Crippen LogP contribution in [0.25, 0.3) is 0 Å². The molecule has 1 amide bonds. The zero-order chi connectivity index (χ0) is 12.9. The molecule has 0 aromatic rings. The van der Waals surface area contributed by atoms with Gasteiger partial charge < -0.3 is 10.6 Å². The van der Waals surface area contributed by atoms with Gasteiger partial charge in [0.05, 0.1) is 0 Å². The lowest BCUT2D eigenvalue weighted by Gasteiger charge is -2.32.